The van der Waals surface area contributed by atoms with Gasteiger partial charge in [-0.2, -0.15) is 0 Å². The third-order valence-electron chi connectivity index (χ3n) is 5.12. The van der Waals surface area contributed by atoms with E-state index in [1.54, 1.807) is 12.4 Å². The smallest absolute Gasteiger partial charge is 0.280 e. The summed E-state index contributed by atoms with van der Waals surface area (Å²) in [5.74, 6) is 0.972. The second-order valence-electron chi connectivity index (χ2n) is 7.32. The quantitative estimate of drug-likeness (QED) is 0.332. The average Bonchev–Trinajstić information content (AvgIpc) is 3.27. The highest BCUT2D eigenvalue weighted by atomic mass is 16.1. The number of hydrogen-bond acceptors (Lipinski definition) is 8. The van der Waals surface area contributed by atoms with E-state index >= 15 is 0 Å². The number of hydrogen-bond donors (Lipinski definition) is 4. The van der Waals surface area contributed by atoms with Crippen LogP contribution in [-0.4, -0.2) is 34.6 Å². The highest BCUT2D eigenvalue weighted by Gasteiger charge is 2.19. The Morgan fingerprint density at radius 2 is 1.94 bits per heavy atom. The number of rotatable bonds is 5. The number of nitrogens with zero attached hydrogens (tertiary/aromatic N) is 5. The molecule has 32 heavy (non-hydrogen) atoms. The highest BCUT2D eigenvalue weighted by Crippen LogP contribution is 2.22. The number of aromatic amines is 2. The van der Waals surface area contributed by atoms with Gasteiger partial charge in [-0.05, 0) is 31.5 Å². The Balaban J connectivity index is 1.64. The zero-order valence-electron chi connectivity index (χ0n) is 17.2. The zero-order valence-corrected chi connectivity index (χ0v) is 17.2. The fraction of sp³-hybridized carbons (Fsp3) is 0.143. The third-order valence-corrected chi connectivity index (χ3v) is 5.12. The van der Waals surface area contributed by atoms with Crippen LogP contribution in [0.1, 0.15) is 24.4 Å². The molecule has 5 aromatic rings. The van der Waals surface area contributed by atoms with Gasteiger partial charge in [0.25, 0.3) is 5.56 Å². The molecule has 11 nitrogen and oxygen atoms in total. The maximum Gasteiger partial charge on any atom is 0.280 e. The standard InChI is InChI=1S/C21H19N9O2/c1-11-4-3-5-14-16(11)21(32)30(29-13-6-7-15(31)22-8-13)20(28-14)12(2)27-19-17-18(24-9-23-17)25-10-26-19/h3-10,12,29H,1-2H3,(H,22,31)(H2,23,24,25,26,27). The highest BCUT2D eigenvalue weighted by molar-refractivity contribution is 5.83. The lowest BCUT2D eigenvalue weighted by atomic mass is 10.1. The lowest BCUT2D eigenvalue weighted by Gasteiger charge is -2.21. The molecule has 0 saturated carbocycles. The van der Waals surface area contributed by atoms with Crippen LogP contribution < -0.4 is 21.9 Å². The number of fused-ring (bicyclic) bond motifs is 2. The molecule has 5 rings (SSSR count). The van der Waals surface area contributed by atoms with Crippen LogP contribution in [0.4, 0.5) is 11.5 Å². The fourth-order valence-electron chi connectivity index (χ4n) is 3.56. The summed E-state index contributed by atoms with van der Waals surface area (Å²) in [5, 5.41) is 3.80. The maximum atomic E-state index is 13.5. The number of imidazole rings is 1. The Labute approximate surface area is 180 Å². The summed E-state index contributed by atoms with van der Waals surface area (Å²) >= 11 is 0. The van der Waals surface area contributed by atoms with Gasteiger partial charge in [-0.25, -0.2) is 24.6 Å². The van der Waals surface area contributed by atoms with Crippen LogP contribution in [0, 0.1) is 6.92 Å². The lowest BCUT2D eigenvalue weighted by Crippen LogP contribution is -2.33. The Morgan fingerprint density at radius 1 is 1.06 bits per heavy atom. The summed E-state index contributed by atoms with van der Waals surface area (Å²) in [5.41, 5.74) is 5.70. The number of anilines is 2. The van der Waals surface area contributed by atoms with Gasteiger partial charge in [0.2, 0.25) is 5.56 Å². The van der Waals surface area contributed by atoms with Crippen molar-refractivity contribution < 1.29 is 0 Å². The molecule has 4 aromatic heterocycles. The zero-order chi connectivity index (χ0) is 22.2. The minimum Gasteiger partial charge on any atom is -0.358 e. The monoisotopic (exact) mass is 429 g/mol. The van der Waals surface area contributed by atoms with E-state index in [0.29, 0.717) is 39.4 Å². The Bertz CT molecular complexity index is 1550. The van der Waals surface area contributed by atoms with E-state index in [1.165, 1.54) is 23.3 Å². The Hall–Kier alpha value is -4.54. The molecule has 0 bridgehead atoms. The molecule has 0 saturated heterocycles. The van der Waals surface area contributed by atoms with Gasteiger partial charge in [0.05, 0.1) is 29.0 Å². The normalized spacial score (nSPS) is 12.2. The average molecular weight is 429 g/mol. The molecule has 0 aliphatic carbocycles. The van der Waals surface area contributed by atoms with E-state index < -0.39 is 6.04 Å². The van der Waals surface area contributed by atoms with Gasteiger partial charge < -0.3 is 15.3 Å². The van der Waals surface area contributed by atoms with E-state index in [9.17, 15) is 9.59 Å². The van der Waals surface area contributed by atoms with Gasteiger partial charge in [-0.3, -0.25) is 15.0 Å². The van der Waals surface area contributed by atoms with Crippen molar-refractivity contribution in [2.24, 2.45) is 0 Å². The van der Waals surface area contributed by atoms with Gasteiger partial charge in [-0.1, -0.05) is 12.1 Å². The van der Waals surface area contributed by atoms with Crippen molar-refractivity contribution in [2.45, 2.75) is 19.9 Å². The minimum atomic E-state index is -0.427. The van der Waals surface area contributed by atoms with E-state index in [1.807, 2.05) is 32.0 Å². The van der Waals surface area contributed by atoms with Gasteiger partial charge >= 0.3 is 0 Å². The molecule has 11 heteroatoms. The van der Waals surface area contributed by atoms with Gasteiger partial charge in [0, 0.05) is 12.3 Å². The van der Waals surface area contributed by atoms with Crippen LogP contribution in [0.25, 0.3) is 22.1 Å². The van der Waals surface area contributed by atoms with Crippen molar-refractivity contribution >= 4 is 33.6 Å². The summed E-state index contributed by atoms with van der Waals surface area (Å²) < 4.78 is 1.38. The number of aromatic nitrogens is 7. The summed E-state index contributed by atoms with van der Waals surface area (Å²) in [4.78, 5) is 47.9. The molecule has 1 atom stereocenters. The first-order valence-electron chi connectivity index (χ1n) is 9.90. The second-order valence-corrected chi connectivity index (χ2v) is 7.32. The van der Waals surface area contributed by atoms with E-state index in [0.717, 1.165) is 5.56 Å². The Morgan fingerprint density at radius 3 is 2.75 bits per heavy atom. The van der Waals surface area contributed by atoms with Crippen molar-refractivity contribution in [2.75, 3.05) is 10.7 Å². The molecule has 160 valence electrons. The summed E-state index contributed by atoms with van der Waals surface area (Å²) in [6, 6.07) is 8.08. The molecule has 1 unspecified atom stereocenters. The summed E-state index contributed by atoms with van der Waals surface area (Å²) in [6.07, 6.45) is 4.46. The molecule has 0 spiro atoms. The molecule has 1 aromatic carbocycles. The summed E-state index contributed by atoms with van der Waals surface area (Å²) in [7, 11) is 0. The second kappa shape index (κ2) is 7.61. The molecule has 4 heterocycles. The number of H-pyrrole nitrogens is 2. The first-order valence-corrected chi connectivity index (χ1v) is 9.90. The van der Waals surface area contributed by atoms with Gasteiger partial charge in [0.15, 0.2) is 17.3 Å². The van der Waals surface area contributed by atoms with Crippen molar-refractivity contribution in [1.82, 2.24) is 34.6 Å². The van der Waals surface area contributed by atoms with Crippen LogP contribution in [0.5, 0.6) is 0 Å². The van der Waals surface area contributed by atoms with Crippen molar-refractivity contribution in [3.05, 3.63) is 81.3 Å². The number of pyridine rings is 1. The topological polar surface area (TPSA) is 146 Å². The first kappa shape index (κ1) is 19.4. The fourth-order valence-corrected chi connectivity index (χ4v) is 3.56. The molecule has 0 aliphatic heterocycles. The molecule has 0 amide bonds. The van der Waals surface area contributed by atoms with Crippen LogP contribution >= 0.6 is 0 Å². The third kappa shape index (κ3) is 3.35. The predicted octanol–water partition coefficient (Wildman–Crippen LogP) is 2.11. The lowest BCUT2D eigenvalue weighted by molar-refractivity contribution is 0.700. The number of aryl methyl sites for hydroxylation is 1. The van der Waals surface area contributed by atoms with E-state index in [4.69, 9.17) is 4.98 Å². The maximum absolute atomic E-state index is 13.5. The van der Waals surface area contributed by atoms with Crippen molar-refractivity contribution in [1.29, 1.82) is 0 Å². The molecule has 4 N–H and O–H groups in total. The van der Waals surface area contributed by atoms with Crippen molar-refractivity contribution in [3.8, 4) is 0 Å². The van der Waals surface area contributed by atoms with E-state index in [2.05, 4.69) is 35.7 Å². The molecule has 0 radical (unpaired) electrons. The predicted molar refractivity (Wildman–Crippen MR) is 121 cm³/mol. The first-order chi connectivity index (χ1) is 15.5. The van der Waals surface area contributed by atoms with Crippen molar-refractivity contribution in [3.63, 3.8) is 0 Å². The van der Waals surface area contributed by atoms with E-state index in [-0.39, 0.29) is 11.1 Å². The van der Waals surface area contributed by atoms with Gasteiger partial charge in [0.1, 0.15) is 11.8 Å². The Kier molecular flexibility index (Phi) is 4.62. The molecular formula is C21H19N9O2. The molecular weight excluding hydrogens is 410 g/mol. The van der Waals surface area contributed by atoms with Gasteiger partial charge in [-0.15, -0.1) is 0 Å². The number of nitrogens with one attached hydrogen (secondary N) is 4. The summed E-state index contributed by atoms with van der Waals surface area (Å²) in [6.45, 7) is 3.74. The SMILES string of the molecule is Cc1cccc2nc(C(C)Nc3ncnc4nc[nH]c34)n(Nc3ccc(=O)[nH]c3)c(=O)c12. The number of benzene rings is 1. The molecule has 0 fully saturated rings. The van der Waals surface area contributed by atoms with Crippen LogP contribution in [0.15, 0.2) is 58.8 Å². The molecule has 0 aliphatic rings. The van der Waals surface area contributed by atoms with Crippen LogP contribution in [0.3, 0.4) is 0 Å². The van der Waals surface area contributed by atoms with Crippen LogP contribution in [0.2, 0.25) is 0 Å². The van der Waals surface area contributed by atoms with Crippen LogP contribution in [-0.2, 0) is 0 Å². The largest absolute Gasteiger partial charge is 0.358 e. The minimum absolute atomic E-state index is 0.238.